The van der Waals surface area contributed by atoms with E-state index in [1.54, 1.807) is 6.07 Å². The number of carbonyl (C=O) groups excluding carboxylic acids is 1. The van der Waals surface area contributed by atoms with Crippen LogP contribution in [0.5, 0.6) is 0 Å². The highest BCUT2D eigenvalue weighted by Crippen LogP contribution is 2.35. The van der Waals surface area contributed by atoms with E-state index >= 15 is 0 Å². The Bertz CT molecular complexity index is 577. The molecule has 21 heavy (non-hydrogen) atoms. The second-order valence-electron chi connectivity index (χ2n) is 6.06. The Morgan fingerprint density at radius 3 is 2.57 bits per heavy atom. The molecule has 1 aromatic carbocycles. The van der Waals surface area contributed by atoms with E-state index in [0.717, 1.165) is 24.9 Å². The summed E-state index contributed by atoms with van der Waals surface area (Å²) in [6, 6.07) is 5.19. The van der Waals surface area contributed by atoms with E-state index in [4.69, 9.17) is 0 Å². The van der Waals surface area contributed by atoms with E-state index in [1.165, 1.54) is 18.9 Å². The topological polar surface area (TPSA) is 69.6 Å². The maximum Gasteiger partial charge on any atom is 0.337 e. The average molecular weight is 288 g/mol. The first-order valence-corrected chi connectivity index (χ1v) is 7.47. The minimum absolute atomic E-state index is 0.144. The number of hydrogen-bond donors (Lipinski definition) is 2. The first-order chi connectivity index (χ1) is 10.1. The fraction of sp³-hybridized carbons (Fsp3) is 0.500. The van der Waals surface area contributed by atoms with Gasteiger partial charge in [0.25, 0.3) is 0 Å². The number of nitrogens with zero attached hydrogens (tertiary/aromatic N) is 1. The molecule has 2 aliphatic rings. The Hall–Kier alpha value is -2.04. The molecule has 2 N–H and O–H groups in total. The lowest BCUT2D eigenvalue weighted by molar-refractivity contribution is 0.0698. The summed E-state index contributed by atoms with van der Waals surface area (Å²) < 4.78 is 0. The number of carbonyl (C=O) groups is 2. The van der Waals surface area contributed by atoms with Crippen molar-refractivity contribution in [3.8, 4) is 0 Å². The molecule has 2 amide bonds. The fourth-order valence-electron chi connectivity index (χ4n) is 2.55. The largest absolute Gasteiger partial charge is 0.478 e. The summed E-state index contributed by atoms with van der Waals surface area (Å²) in [6.07, 6.45) is 4.50. The van der Waals surface area contributed by atoms with E-state index in [0.29, 0.717) is 17.6 Å². The van der Waals surface area contributed by atoms with Gasteiger partial charge in [-0.2, -0.15) is 0 Å². The van der Waals surface area contributed by atoms with E-state index in [9.17, 15) is 14.7 Å². The van der Waals surface area contributed by atoms with Crippen molar-refractivity contribution in [1.29, 1.82) is 0 Å². The zero-order valence-corrected chi connectivity index (χ0v) is 12.1. The predicted molar refractivity (Wildman–Crippen MR) is 79.6 cm³/mol. The Morgan fingerprint density at radius 2 is 2.00 bits per heavy atom. The standard InChI is InChI=1S/C16H20N2O3/c1-10-3-2-4-13(15(19)20)14(10)17-16(21)18(12-7-8-12)9-11-5-6-11/h2-4,11-12H,5-9H2,1H3,(H,17,21)(H,19,20). The number of aryl methyl sites for hydroxylation is 1. The van der Waals surface area contributed by atoms with Gasteiger partial charge in [0.1, 0.15) is 0 Å². The molecule has 5 nitrogen and oxygen atoms in total. The minimum Gasteiger partial charge on any atom is -0.478 e. The number of urea groups is 1. The second-order valence-corrected chi connectivity index (χ2v) is 6.06. The van der Waals surface area contributed by atoms with Crippen LogP contribution in [0.3, 0.4) is 0 Å². The van der Waals surface area contributed by atoms with Crippen LogP contribution in [0.15, 0.2) is 18.2 Å². The highest BCUT2D eigenvalue weighted by molar-refractivity contribution is 6.01. The van der Waals surface area contributed by atoms with Crippen molar-refractivity contribution in [2.24, 2.45) is 5.92 Å². The van der Waals surface area contributed by atoms with Gasteiger partial charge in [0, 0.05) is 12.6 Å². The van der Waals surface area contributed by atoms with Crippen molar-refractivity contribution in [1.82, 2.24) is 4.90 Å². The predicted octanol–water partition coefficient (Wildman–Crippen LogP) is 3.10. The van der Waals surface area contributed by atoms with Crippen LogP contribution in [-0.4, -0.2) is 34.6 Å². The molecule has 5 heteroatoms. The Labute approximate surface area is 123 Å². The molecule has 0 unspecified atom stereocenters. The normalized spacial score (nSPS) is 17.4. The third-order valence-corrected chi connectivity index (χ3v) is 4.14. The van der Waals surface area contributed by atoms with Crippen LogP contribution in [-0.2, 0) is 0 Å². The Morgan fingerprint density at radius 1 is 1.29 bits per heavy atom. The second kappa shape index (κ2) is 5.39. The molecule has 2 saturated carbocycles. The highest BCUT2D eigenvalue weighted by atomic mass is 16.4. The van der Waals surface area contributed by atoms with Gasteiger partial charge < -0.3 is 15.3 Å². The number of benzene rings is 1. The van der Waals surface area contributed by atoms with Crippen LogP contribution < -0.4 is 5.32 Å². The molecule has 0 bridgehead atoms. The molecule has 112 valence electrons. The van der Waals surface area contributed by atoms with Crippen molar-refractivity contribution in [3.05, 3.63) is 29.3 Å². The van der Waals surface area contributed by atoms with E-state index in [-0.39, 0.29) is 11.6 Å². The van der Waals surface area contributed by atoms with Gasteiger partial charge in [-0.25, -0.2) is 9.59 Å². The molecule has 0 heterocycles. The zero-order chi connectivity index (χ0) is 15.0. The first-order valence-electron chi connectivity index (χ1n) is 7.47. The number of para-hydroxylation sites is 1. The highest BCUT2D eigenvalue weighted by Gasteiger charge is 2.36. The van der Waals surface area contributed by atoms with E-state index < -0.39 is 5.97 Å². The minimum atomic E-state index is -1.02. The number of hydrogen-bond acceptors (Lipinski definition) is 2. The quantitative estimate of drug-likeness (QED) is 0.874. The molecule has 0 spiro atoms. The number of carboxylic acid groups (broad SMARTS) is 1. The van der Waals surface area contributed by atoms with Gasteiger partial charge in [0.15, 0.2) is 0 Å². The average Bonchev–Trinajstić information content (AvgIpc) is 3.31. The van der Waals surface area contributed by atoms with Gasteiger partial charge in [-0.05, 0) is 50.2 Å². The number of rotatable bonds is 5. The molecule has 0 atom stereocenters. The molecule has 0 saturated heterocycles. The van der Waals surface area contributed by atoms with Crippen molar-refractivity contribution < 1.29 is 14.7 Å². The lowest BCUT2D eigenvalue weighted by atomic mass is 10.1. The lowest BCUT2D eigenvalue weighted by Gasteiger charge is -2.23. The van der Waals surface area contributed by atoms with Crippen LogP contribution in [0.1, 0.15) is 41.6 Å². The van der Waals surface area contributed by atoms with Crippen molar-refractivity contribution >= 4 is 17.7 Å². The van der Waals surface area contributed by atoms with Crippen molar-refractivity contribution in [2.75, 3.05) is 11.9 Å². The fourth-order valence-corrected chi connectivity index (χ4v) is 2.55. The van der Waals surface area contributed by atoms with Crippen molar-refractivity contribution in [2.45, 2.75) is 38.6 Å². The maximum absolute atomic E-state index is 12.5. The summed E-state index contributed by atoms with van der Waals surface area (Å²) in [7, 11) is 0. The third kappa shape index (κ3) is 3.17. The molecule has 0 aromatic heterocycles. The van der Waals surface area contributed by atoms with Crippen LogP contribution >= 0.6 is 0 Å². The summed E-state index contributed by atoms with van der Waals surface area (Å²) in [6.45, 7) is 2.61. The zero-order valence-electron chi connectivity index (χ0n) is 12.1. The van der Waals surface area contributed by atoms with E-state index in [1.807, 2.05) is 17.9 Å². The van der Waals surface area contributed by atoms with Gasteiger partial charge in [-0.1, -0.05) is 12.1 Å². The lowest BCUT2D eigenvalue weighted by Crippen LogP contribution is -2.38. The van der Waals surface area contributed by atoms with E-state index in [2.05, 4.69) is 5.32 Å². The molecule has 3 rings (SSSR count). The van der Waals surface area contributed by atoms with Crippen LogP contribution in [0, 0.1) is 12.8 Å². The maximum atomic E-state index is 12.5. The first kappa shape index (κ1) is 13.9. The van der Waals surface area contributed by atoms with Gasteiger partial charge in [-0.3, -0.25) is 0 Å². The van der Waals surface area contributed by atoms with Gasteiger partial charge >= 0.3 is 12.0 Å². The molecule has 0 radical (unpaired) electrons. The third-order valence-electron chi connectivity index (χ3n) is 4.14. The monoisotopic (exact) mass is 288 g/mol. The number of anilines is 1. The molecular formula is C16H20N2O3. The van der Waals surface area contributed by atoms with Crippen LogP contribution in [0.2, 0.25) is 0 Å². The smallest absolute Gasteiger partial charge is 0.337 e. The van der Waals surface area contributed by atoms with Crippen molar-refractivity contribution in [3.63, 3.8) is 0 Å². The summed E-state index contributed by atoms with van der Waals surface area (Å²) in [5.41, 5.74) is 1.33. The van der Waals surface area contributed by atoms with Crippen LogP contribution in [0.25, 0.3) is 0 Å². The number of aromatic carboxylic acids is 1. The Kier molecular flexibility index (Phi) is 3.57. The van der Waals surface area contributed by atoms with Gasteiger partial charge in [0.05, 0.1) is 11.3 Å². The molecule has 2 fully saturated rings. The molecular weight excluding hydrogens is 268 g/mol. The van der Waals surface area contributed by atoms with Crippen LogP contribution in [0.4, 0.5) is 10.5 Å². The number of nitrogens with one attached hydrogen (secondary N) is 1. The molecule has 2 aliphatic carbocycles. The Balaban J connectivity index is 1.78. The SMILES string of the molecule is Cc1cccc(C(=O)O)c1NC(=O)N(CC1CC1)C1CC1. The summed E-state index contributed by atoms with van der Waals surface area (Å²) >= 11 is 0. The molecule has 0 aliphatic heterocycles. The summed E-state index contributed by atoms with van der Waals surface area (Å²) in [4.78, 5) is 25.7. The van der Waals surface area contributed by atoms with Gasteiger partial charge in [0.2, 0.25) is 0 Å². The van der Waals surface area contributed by atoms with Gasteiger partial charge in [-0.15, -0.1) is 0 Å². The summed E-state index contributed by atoms with van der Waals surface area (Å²) in [5, 5.41) is 12.1. The number of amides is 2. The summed E-state index contributed by atoms with van der Waals surface area (Å²) in [5.74, 6) is -0.388. The number of carboxylic acids is 1. The molecule has 1 aromatic rings.